The van der Waals surface area contributed by atoms with Gasteiger partial charge in [0.05, 0.1) is 23.8 Å². The van der Waals surface area contributed by atoms with Crippen molar-refractivity contribution in [3.63, 3.8) is 0 Å². The normalized spacial score (nSPS) is 11.1. The van der Waals surface area contributed by atoms with Gasteiger partial charge in [0.1, 0.15) is 5.82 Å². The molecule has 7 nitrogen and oxygen atoms in total. The molecule has 164 valence electrons. The number of aromatic nitrogens is 1. The molecule has 2 aromatic carbocycles. The Morgan fingerprint density at radius 2 is 1.94 bits per heavy atom. The minimum Gasteiger partial charge on any atom is -0.478 e. The van der Waals surface area contributed by atoms with Gasteiger partial charge in [-0.3, -0.25) is 4.79 Å². The van der Waals surface area contributed by atoms with Gasteiger partial charge in [-0.2, -0.15) is 0 Å². The maximum absolute atomic E-state index is 14.3. The van der Waals surface area contributed by atoms with Crippen molar-refractivity contribution in [2.75, 3.05) is 19.8 Å². The third kappa shape index (κ3) is 4.71. The highest BCUT2D eigenvalue weighted by atomic mass is 35.5. The van der Waals surface area contributed by atoms with Crippen LogP contribution in [0.4, 0.5) is 4.39 Å². The second-order valence-electron chi connectivity index (χ2n) is 6.86. The van der Waals surface area contributed by atoms with Crippen molar-refractivity contribution < 1.29 is 29.2 Å². The molecular formula is C22H21ClFNO6. The molecule has 0 aliphatic heterocycles. The zero-order chi connectivity index (χ0) is 22.5. The summed E-state index contributed by atoms with van der Waals surface area (Å²) in [6.07, 6.45) is 0.396. The summed E-state index contributed by atoms with van der Waals surface area (Å²) in [5.74, 6) is -2.20. The molecule has 0 spiro atoms. The monoisotopic (exact) mass is 449 g/mol. The van der Waals surface area contributed by atoms with Crippen molar-refractivity contribution in [3.8, 4) is 5.88 Å². The number of rotatable bonds is 9. The summed E-state index contributed by atoms with van der Waals surface area (Å²) < 4.78 is 21.2. The number of aromatic carboxylic acids is 1. The van der Waals surface area contributed by atoms with Crippen LogP contribution < -0.4 is 10.2 Å². The zero-order valence-electron chi connectivity index (χ0n) is 16.5. The van der Waals surface area contributed by atoms with Crippen molar-refractivity contribution >= 4 is 28.5 Å². The third-order valence-corrected chi connectivity index (χ3v) is 5.08. The van der Waals surface area contributed by atoms with Crippen LogP contribution in [0.25, 0.3) is 10.9 Å². The van der Waals surface area contributed by atoms with Crippen LogP contribution in [0.3, 0.4) is 0 Å². The molecule has 31 heavy (non-hydrogen) atoms. The van der Waals surface area contributed by atoms with Gasteiger partial charge in [0, 0.05) is 31.4 Å². The summed E-state index contributed by atoms with van der Waals surface area (Å²) in [5, 5.41) is 28.2. The maximum atomic E-state index is 14.3. The molecule has 3 aromatic rings. The van der Waals surface area contributed by atoms with E-state index in [2.05, 4.69) is 0 Å². The summed E-state index contributed by atoms with van der Waals surface area (Å²) >= 11 is 5.83. The fourth-order valence-electron chi connectivity index (χ4n) is 3.39. The number of pyridine rings is 1. The number of aliphatic hydroxyl groups is 2. The van der Waals surface area contributed by atoms with Crippen LogP contribution in [0, 0.1) is 5.82 Å². The highest BCUT2D eigenvalue weighted by molar-refractivity contribution is 6.30. The van der Waals surface area contributed by atoms with Crippen LogP contribution >= 0.6 is 11.6 Å². The van der Waals surface area contributed by atoms with Crippen LogP contribution in [0.1, 0.15) is 27.9 Å². The molecular weight excluding hydrogens is 429 g/mol. The Balaban J connectivity index is 2.18. The number of carbonyl (C=O) groups is 1. The number of hydrogen-bond donors (Lipinski definition) is 3. The topological polar surface area (TPSA) is 109 Å². The predicted octanol–water partition coefficient (Wildman–Crippen LogP) is 2.84. The van der Waals surface area contributed by atoms with Crippen molar-refractivity contribution in [2.24, 2.45) is 0 Å². The number of carboxylic acids is 1. The molecule has 0 aliphatic carbocycles. The van der Waals surface area contributed by atoms with Gasteiger partial charge < -0.3 is 24.6 Å². The average molecular weight is 450 g/mol. The van der Waals surface area contributed by atoms with Gasteiger partial charge in [-0.1, -0.05) is 29.8 Å². The molecule has 9 heteroatoms. The smallest absolute Gasteiger partial charge is 0.345 e. The van der Waals surface area contributed by atoms with Crippen molar-refractivity contribution in [1.82, 2.24) is 4.57 Å². The third-order valence-electron chi connectivity index (χ3n) is 4.79. The van der Waals surface area contributed by atoms with Gasteiger partial charge in [-0.05, 0) is 29.3 Å². The Bertz CT molecular complexity index is 1180. The van der Waals surface area contributed by atoms with E-state index in [0.29, 0.717) is 16.6 Å². The number of hydrogen-bond acceptors (Lipinski definition) is 5. The number of nitrogens with zero attached hydrogens (tertiary/aromatic N) is 1. The molecule has 0 fully saturated rings. The first-order valence-electron chi connectivity index (χ1n) is 9.59. The first-order valence-corrected chi connectivity index (χ1v) is 9.97. The molecule has 3 N–H and O–H groups in total. The summed E-state index contributed by atoms with van der Waals surface area (Å²) in [5.41, 5.74) is -0.0102. The van der Waals surface area contributed by atoms with Crippen LogP contribution in [0.2, 0.25) is 5.02 Å². The van der Waals surface area contributed by atoms with E-state index in [-0.39, 0.29) is 55.5 Å². The minimum absolute atomic E-state index is 0.000712. The Morgan fingerprint density at radius 3 is 2.61 bits per heavy atom. The molecule has 0 saturated heterocycles. The van der Waals surface area contributed by atoms with Crippen LogP contribution in [0.15, 0.2) is 41.2 Å². The Morgan fingerprint density at radius 1 is 1.16 bits per heavy atom. The van der Waals surface area contributed by atoms with Crippen LogP contribution in [-0.2, 0) is 13.0 Å². The van der Waals surface area contributed by atoms with E-state index in [1.807, 2.05) is 0 Å². The number of aliphatic hydroxyl groups excluding tert-OH is 2. The van der Waals surface area contributed by atoms with Crippen molar-refractivity contribution in [1.29, 1.82) is 0 Å². The fraction of sp³-hybridized carbons (Fsp3) is 0.273. The van der Waals surface area contributed by atoms with Gasteiger partial charge in [-0.25, -0.2) is 9.18 Å². The van der Waals surface area contributed by atoms with Gasteiger partial charge in [0.25, 0.3) is 0 Å². The van der Waals surface area contributed by atoms with Gasteiger partial charge in [0.15, 0.2) is 5.56 Å². The van der Waals surface area contributed by atoms with E-state index in [1.54, 1.807) is 24.3 Å². The lowest BCUT2D eigenvalue weighted by molar-refractivity contribution is 0.0688. The molecule has 0 unspecified atom stereocenters. The largest absolute Gasteiger partial charge is 0.478 e. The molecule has 0 aliphatic rings. The van der Waals surface area contributed by atoms with Crippen molar-refractivity contribution in [2.45, 2.75) is 19.4 Å². The van der Waals surface area contributed by atoms with E-state index >= 15 is 0 Å². The minimum atomic E-state index is -1.47. The molecule has 0 bridgehead atoms. The Kier molecular flexibility index (Phi) is 7.27. The van der Waals surface area contributed by atoms with E-state index in [9.17, 15) is 24.2 Å². The molecule has 3 rings (SSSR count). The molecule has 0 saturated carbocycles. The van der Waals surface area contributed by atoms with Gasteiger partial charge >= 0.3 is 5.97 Å². The number of benzene rings is 2. The Labute approximate surface area is 181 Å². The lowest BCUT2D eigenvalue weighted by Gasteiger charge is -2.19. The number of halogens is 2. The molecule has 0 amide bonds. The van der Waals surface area contributed by atoms with Gasteiger partial charge in [-0.15, -0.1) is 0 Å². The first kappa shape index (κ1) is 22.7. The number of ether oxygens (including phenoxy) is 1. The summed E-state index contributed by atoms with van der Waals surface area (Å²) in [6, 6.07) is 9.44. The highest BCUT2D eigenvalue weighted by Gasteiger charge is 2.24. The van der Waals surface area contributed by atoms with E-state index in [1.165, 1.54) is 16.7 Å². The van der Waals surface area contributed by atoms with Crippen LogP contribution in [-0.4, -0.2) is 45.7 Å². The molecule has 1 aromatic heterocycles. The fourth-order valence-corrected chi connectivity index (χ4v) is 3.58. The highest BCUT2D eigenvalue weighted by Crippen LogP contribution is 2.26. The quantitative estimate of drug-likeness (QED) is 0.433. The number of carboxylic acid groups (broad SMARTS) is 1. The molecule has 0 radical (unpaired) electrons. The second-order valence-corrected chi connectivity index (χ2v) is 7.26. The SMILES string of the molecule is O=C(O)c1c(OCCCO)n(CCO)c2ccc(Cc3cccc(Cl)c3F)cc2c1=O. The Hall–Kier alpha value is -2.94. The van der Waals surface area contributed by atoms with E-state index < -0.39 is 22.8 Å². The second kappa shape index (κ2) is 9.91. The lowest BCUT2D eigenvalue weighted by Crippen LogP contribution is -2.24. The molecule has 1 heterocycles. The van der Waals surface area contributed by atoms with E-state index in [0.717, 1.165) is 0 Å². The summed E-state index contributed by atoms with van der Waals surface area (Å²) in [7, 11) is 0. The predicted molar refractivity (Wildman–Crippen MR) is 114 cm³/mol. The summed E-state index contributed by atoms with van der Waals surface area (Å²) in [6.45, 7) is -0.487. The number of fused-ring (bicyclic) bond motifs is 1. The van der Waals surface area contributed by atoms with Crippen LogP contribution in [0.5, 0.6) is 5.88 Å². The van der Waals surface area contributed by atoms with Gasteiger partial charge in [0.2, 0.25) is 11.3 Å². The average Bonchev–Trinajstić information content (AvgIpc) is 2.74. The lowest BCUT2D eigenvalue weighted by atomic mass is 10.0. The standard InChI is InChI=1S/C22H21ClFNO6/c23-16-4-1-3-14(19(16)24)11-13-5-6-17-15(12-13)20(28)18(22(29)30)21(25(17)7-9-27)31-10-2-8-26/h1,3-6,12,26-27H,2,7-11H2,(H,29,30). The summed E-state index contributed by atoms with van der Waals surface area (Å²) in [4.78, 5) is 24.9. The van der Waals surface area contributed by atoms with Crippen molar-refractivity contribution in [3.05, 3.63) is 74.2 Å². The first-order chi connectivity index (χ1) is 14.9. The zero-order valence-corrected chi connectivity index (χ0v) is 17.2. The molecule has 0 atom stereocenters. The maximum Gasteiger partial charge on any atom is 0.345 e. The van der Waals surface area contributed by atoms with E-state index in [4.69, 9.17) is 21.4 Å².